The molecule has 17 heavy (non-hydrogen) atoms. The van der Waals surface area contributed by atoms with E-state index in [1.807, 2.05) is 0 Å². The Balaban J connectivity index is 2.18. The summed E-state index contributed by atoms with van der Waals surface area (Å²) in [4.78, 5) is 4.66. The zero-order valence-corrected chi connectivity index (χ0v) is 11.1. The third-order valence-electron chi connectivity index (χ3n) is 2.62. The molecule has 2 N–H and O–H groups in total. The van der Waals surface area contributed by atoms with Gasteiger partial charge >= 0.3 is 0 Å². The van der Waals surface area contributed by atoms with Gasteiger partial charge in [-0.2, -0.15) is 0 Å². The van der Waals surface area contributed by atoms with Gasteiger partial charge in [0.2, 0.25) is 0 Å². The largest absolute Gasteiger partial charge is 0.326 e. The molecule has 0 bridgehead atoms. The van der Waals surface area contributed by atoms with Crippen molar-refractivity contribution in [3.63, 3.8) is 0 Å². The summed E-state index contributed by atoms with van der Waals surface area (Å²) < 4.78 is 0. The summed E-state index contributed by atoms with van der Waals surface area (Å²) in [5, 5.41) is 3.35. The van der Waals surface area contributed by atoms with Gasteiger partial charge in [0.25, 0.3) is 0 Å². The highest BCUT2D eigenvalue weighted by Crippen LogP contribution is 2.23. The van der Waals surface area contributed by atoms with E-state index < -0.39 is 0 Å². The number of hydrogen-bond donors (Lipinski definition) is 1. The molecule has 2 rings (SSSR count). The van der Waals surface area contributed by atoms with Gasteiger partial charge in [0.05, 0.1) is 10.7 Å². The fraction of sp³-hybridized carbons (Fsp3) is 0.357. The first kappa shape index (κ1) is 12.3. The van der Waals surface area contributed by atoms with Gasteiger partial charge in [-0.15, -0.1) is 11.3 Å². The summed E-state index contributed by atoms with van der Waals surface area (Å²) in [6, 6.07) is 8.32. The van der Waals surface area contributed by atoms with Crippen LogP contribution in [0.2, 0.25) is 0 Å². The highest BCUT2D eigenvalue weighted by atomic mass is 32.1. The molecular weight excluding hydrogens is 228 g/mol. The Morgan fingerprint density at radius 2 is 1.94 bits per heavy atom. The lowest BCUT2D eigenvalue weighted by Crippen LogP contribution is -1.95. The minimum Gasteiger partial charge on any atom is -0.326 e. The van der Waals surface area contributed by atoms with Crippen molar-refractivity contribution in [1.82, 2.24) is 4.98 Å². The topological polar surface area (TPSA) is 38.9 Å². The summed E-state index contributed by atoms with van der Waals surface area (Å²) in [6.45, 7) is 5.03. The second-order valence-corrected chi connectivity index (χ2v) is 5.57. The molecule has 1 aromatic heterocycles. The summed E-state index contributed by atoms with van der Waals surface area (Å²) in [5.41, 5.74) is 9.00. The molecule has 3 heteroatoms. The average molecular weight is 246 g/mol. The normalized spacial score (nSPS) is 11.1. The van der Waals surface area contributed by atoms with Gasteiger partial charge in [-0.3, -0.25) is 0 Å². The third kappa shape index (κ3) is 3.14. The standard InChI is InChI=1S/C14H18N2S/c1-10(2)7-14-16-13(9-17-14)12-5-3-11(8-15)4-6-12/h3-6,9-10H,7-8,15H2,1-2H3. The van der Waals surface area contributed by atoms with E-state index in [1.165, 1.54) is 10.6 Å². The predicted molar refractivity (Wildman–Crippen MR) is 74.0 cm³/mol. The fourth-order valence-electron chi connectivity index (χ4n) is 1.70. The van der Waals surface area contributed by atoms with Gasteiger partial charge in [0.15, 0.2) is 0 Å². The molecule has 0 atom stereocenters. The molecule has 0 radical (unpaired) electrons. The molecule has 0 spiro atoms. The predicted octanol–water partition coefficient (Wildman–Crippen LogP) is 3.47. The Morgan fingerprint density at radius 1 is 1.24 bits per heavy atom. The van der Waals surface area contributed by atoms with E-state index in [9.17, 15) is 0 Å². The molecular formula is C14H18N2S. The van der Waals surface area contributed by atoms with Gasteiger partial charge in [0, 0.05) is 23.9 Å². The summed E-state index contributed by atoms with van der Waals surface area (Å²) in [6.07, 6.45) is 1.06. The Kier molecular flexibility index (Phi) is 3.92. The van der Waals surface area contributed by atoms with Crippen LogP contribution in [0, 0.1) is 5.92 Å². The molecule has 2 aromatic rings. The van der Waals surface area contributed by atoms with E-state index in [4.69, 9.17) is 5.73 Å². The maximum Gasteiger partial charge on any atom is 0.0935 e. The third-order valence-corrected chi connectivity index (χ3v) is 3.49. The van der Waals surface area contributed by atoms with E-state index in [0.29, 0.717) is 12.5 Å². The van der Waals surface area contributed by atoms with Crippen LogP contribution in [0.3, 0.4) is 0 Å². The van der Waals surface area contributed by atoms with Crippen LogP contribution in [0.1, 0.15) is 24.4 Å². The lowest BCUT2D eigenvalue weighted by molar-refractivity contribution is 0.645. The first-order valence-electron chi connectivity index (χ1n) is 5.93. The molecule has 0 saturated heterocycles. The van der Waals surface area contributed by atoms with E-state index in [0.717, 1.165) is 17.7 Å². The van der Waals surface area contributed by atoms with Crippen LogP contribution in [0.4, 0.5) is 0 Å². The van der Waals surface area contributed by atoms with Gasteiger partial charge in [-0.05, 0) is 11.5 Å². The van der Waals surface area contributed by atoms with Crippen LogP contribution in [0.15, 0.2) is 29.6 Å². The first-order valence-corrected chi connectivity index (χ1v) is 6.81. The molecule has 1 heterocycles. The molecule has 0 aliphatic rings. The molecule has 0 aliphatic carbocycles. The molecule has 0 fully saturated rings. The molecule has 0 unspecified atom stereocenters. The fourth-order valence-corrected chi connectivity index (χ4v) is 2.72. The Hall–Kier alpha value is -1.19. The number of hydrogen-bond acceptors (Lipinski definition) is 3. The Bertz CT molecular complexity index is 471. The van der Waals surface area contributed by atoms with Crippen molar-refractivity contribution in [2.45, 2.75) is 26.8 Å². The number of thiazole rings is 1. The van der Waals surface area contributed by atoms with Crippen LogP contribution >= 0.6 is 11.3 Å². The van der Waals surface area contributed by atoms with E-state index in [1.54, 1.807) is 11.3 Å². The Labute approximate surface area is 107 Å². The number of benzene rings is 1. The average Bonchev–Trinajstić information content (AvgIpc) is 2.77. The number of aromatic nitrogens is 1. The van der Waals surface area contributed by atoms with Crippen LogP contribution in [-0.4, -0.2) is 4.98 Å². The smallest absolute Gasteiger partial charge is 0.0935 e. The minimum atomic E-state index is 0.593. The molecule has 1 aromatic carbocycles. The highest BCUT2D eigenvalue weighted by molar-refractivity contribution is 7.09. The number of nitrogens with two attached hydrogens (primary N) is 1. The van der Waals surface area contributed by atoms with Gasteiger partial charge < -0.3 is 5.73 Å². The molecule has 2 nitrogen and oxygen atoms in total. The quantitative estimate of drug-likeness (QED) is 0.897. The lowest BCUT2D eigenvalue weighted by atomic mass is 10.1. The van der Waals surface area contributed by atoms with Crippen molar-refractivity contribution in [2.75, 3.05) is 0 Å². The number of nitrogens with zero attached hydrogens (tertiary/aromatic N) is 1. The van der Waals surface area contributed by atoms with Crippen molar-refractivity contribution in [3.8, 4) is 11.3 Å². The van der Waals surface area contributed by atoms with Gasteiger partial charge in [-0.25, -0.2) is 4.98 Å². The first-order chi connectivity index (χ1) is 8.19. The molecule has 0 amide bonds. The van der Waals surface area contributed by atoms with Crippen LogP contribution < -0.4 is 5.73 Å². The Morgan fingerprint density at radius 3 is 2.53 bits per heavy atom. The molecule has 0 aliphatic heterocycles. The van der Waals surface area contributed by atoms with Crippen molar-refractivity contribution >= 4 is 11.3 Å². The van der Waals surface area contributed by atoms with Gasteiger partial charge in [-0.1, -0.05) is 38.1 Å². The van der Waals surface area contributed by atoms with Crippen molar-refractivity contribution < 1.29 is 0 Å². The van der Waals surface area contributed by atoms with E-state index >= 15 is 0 Å². The summed E-state index contributed by atoms with van der Waals surface area (Å²) in [5.74, 6) is 0.661. The van der Waals surface area contributed by atoms with Crippen LogP contribution in [0.25, 0.3) is 11.3 Å². The van der Waals surface area contributed by atoms with Gasteiger partial charge in [0.1, 0.15) is 0 Å². The van der Waals surface area contributed by atoms with Crippen molar-refractivity contribution in [1.29, 1.82) is 0 Å². The van der Waals surface area contributed by atoms with Crippen LogP contribution in [0.5, 0.6) is 0 Å². The van der Waals surface area contributed by atoms with E-state index in [2.05, 4.69) is 48.5 Å². The zero-order valence-electron chi connectivity index (χ0n) is 10.3. The van der Waals surface area contributed by atoms with Crippen LogP contribution in [-0.2, 0) is 13.0 Å². The lowest BCUT2D eigenvalue weighted by Gasteiger charge is -2.00. The molecule has 0 saturated carbocycles. The zero-order chi connectivity index (χ0) is 12.3. The maximum atomic E-state index is 5.58. The monoisotopic (exact) mass is 246 g/mol. The number of rotatable bonds is 4. The van der Waals surface area contributed by atoms with Crippen molar-refractivity contribution in [2.24, 2.45) is 11.7 Å². The second kappa shape index (κ2) is 5.43. The SMILES string of the molecule is CC(C)Cc1nc(-c2ccc(CN)cc2)cs1. The maximum absolute atomic E-state index is 5.58. The molecule has 90 valence electrons. The minimum absolute atomic E-state index is 0.593. The summed E-state index contributed by atoms with van der Waals surface area (Å²) >= 11 is 1.75. The summed E-state index contributed by atoms with van der Waals surface area (Å²) in [7, 11) is 0. The van der Waals surface area contributed by atoms with Crippen molar-refractivity contribution in [3.05, 3.63) is 40.2 Å². The van der Waals surface area contributed by atoms with E-state index in [-0.39, 0.29) is 0 Å². The highest BCUT2D eigenvalue weighted by Gasteiger charge is 2.06. The second-order valence-electron chi connectivity index (χ2n) is 4.63.